The number of carbonyl (C=O) groups excluding carboxylic acids is 2. The van der Waals surface area contributed by atoms with Gasteiger partial charge in [0.15, 0.2) is 0 Å². The first-order valence-corrected chi connectivity index (χ1v) is 8.98. The van der Waals surface area contributed by atoms with Crippen LogP contribution in [0.25, 0.3) is 0 Å². The highest BCUT2D eigenvalue weighted by Crippen LogP contribution is 2.27. The molecule has 5 nitrogen and oxygen atoms in total. The molecule has 1 aliphatic rings. The van der Waals surface area contributed by atoms with Crippen molar-refractivity contribution in [1.82, 2.24) is 0 Å². The molecule has 2 aromatic rings. The lowest BCUT2D eigenvalue weighted by atomic mass is 9.99. The molecule has 1 amide bonds. The fraction of sp³-hybridized carbons (Fsp3) is 0.333. The van der Waals surface area contributed by atoms with E-state index in [4.69, 9.17) is 4.74 Å². The van der Waals surface area contributed by atoms with Gasteiger partial charge in [-0.15, -0.1) is 0 Å². The molecule has 26 heavy (non-hydrogen) atoms. The minimum atomic E-state index is -0.356. The maximum Gasteiger partial charge on any atom is 0.338 e. The molecule has 0 aliphatic carbocycles. The van der Waals surface area contributed by atoms with Crippen LogP contribution in [0.2, 0.25) is 0 Å². The second-order valence-corrected chi connectivity index (χ2v) is 6.50. The summed E-state index contributed by atoms with van der Waals surface area (Å²) in [7, 11) is 0. The van der Waals surface area contributed by atoms with Gasteiger partial charge in [-0.1, -0.05) is 17.7 Å². The summed E-state index contributed by atoms with van der Waals surface area (Å²) in [5, 5.41) is 2.90. The number of ether oxygens (including phenoxy) is 1. The summed E-state index contributed by atoms with van der Waals surface area (Å²) < 4.78 is 4.96. The van der Waals surface area contributed by atoms with Gasteiger partial charge in [-0.2, -0.15) is 0 Å². The summed E-state index contributed by atoms with van der Waals surface area (Å²) in [4.78, 5) is 26.2. The van der Waals surface area contributed by atoms with Crippen LogP contribution in [0.3, 0.4) is 0 Å². The second kappa shape index (κ2) is 8.04. The van der Waals surface area contributed by atoms with Gasteiger partial charge in [0, 0.05) is 17.9 Å². The second-order valence-electron chi connectivity index (χ2n) is 6.50. The molecule has 2 aromatic carbocycles. The van der Waals surface area contributed by atoms with Gasteiger partial charge in [0.2, 0.25) is 5.91 Å². The van der Waals surface area contributed by atoms with Gasteiger partial charge in [0.05, 0.1) is 18.7 Å². The Morgan fingerprint density at radius 1 is 1.15 bits per heavy atom. The molecule has 0 fully saturated rings. The molecule has 0 radical (unpaired) electrons. The number of aryl methyl sites for hydroxylation is 2. The van der Waals surface area contributed by atoms with E-state index in [1.807, 2.05) is 0 Å². The minimum Gasteiger partial charge on any atom is -0.462 e. The maximum atomic E-state index is 12.4. The van der Waals surface area contributed by atoms with Crippen LogP contribution in [-0.4, -0.2) is 31.6 Å². The topological polar surface area (TPSA) is 58.6 Å². The van der Waals surface area contributed by atoms with Gasteiger partial charge < -0.3 is 15.0 Å². The predicted octanol–water partition coefficient (Wildman–Crippen LogP) is 3.56. The maximum absolute atomic E-state index is 12.4. The fourth-order valence-corrected chi connectivity index (χ4v) is 3.25. The molecular weight excluding hydrogens is 328 g/mol. The summed E-state index contributed by atoms with van der Waals surface area (Å²) in [6.45, 7) is 5.40. The van der Waals surface area contributed by atoms with Crippen LogP contribution in [0.5, 0.6) is 0 Å². The fourth-order valence-electron chi connectivity index (χ4n) is 3.25. The number of hydrogen-bond acceptors (Lipinski definition) is 4. The largest absolute Gasteiger partial charge is 0.462 e. The van der Waals surface area contributed by atoms with E-state index in [1.165, 1.54) is 11.1 Å². The van der Waals surface area contributed by atoms with E-state index < -0.39 is 0 Å². The van der Waals surface area contributed by atoms with E-state index in [2.05, 4.69) is 35.3 Å². The zero-order valence-electron chi connectivity index (χ0n) is 15.2. The molecular formula is C21H24N2O3. The number of benzene rings is 2. The highest BCUT2D eigenvalue weighted by Gasteiger charge is 2.19. The van der Waals surface area contributed by atoms with Crippen molar-refractivity contribution in [3.63, 3.8) is 0 Å². The third kappa shape index (κ3) is 4.23. The van der Waals surface area contributed by atoms with Crippen molar-refractivity contribution in [2.45, 2.75) is 26.7 Å². The molecule has 1 N–H and O–H groups in total. The van der Waals surface area contributed by atoms with Crippen LogP contribution in [0, 0.1) is 6.92 Å². The Labute approximate surface area is 154 Å². The first-order valence-electron chi connectivity index (χ1n) is 8.98. The van der Waals surface area contributed by atoms with Crippen LogP contribution in [-0.2, 0) is 16.0 Å². The van der Waals surface area contributed by atoms with Crippen LogP contribution < -0.4 is 10.2 Å². The lowest BCUT2D eigenvalue weighted by Gasteiger charge is -2.31. The Kier molecular flexibility index (Phi) is 5.56. The van der Waals surface area contributed by atoms with E-state index in [-0.39, 0.29) is 11.9 Å². The molecule has 0 saturated heterocycles. The molecule has 0 saturated carbocycles. The lowest BCUT2D eigenvalue weighted by Crippen LogP contribution is -2.36. The molecule has 1 aliphatic heterocycles. The molecule has 3 rings (SSSR count). The molecule has 0 atom stereocenters. The van der Waals surface area contributed by atoms with Gasteiger partial charge in [-0.25, -0.2) is 4.79 Å². The third-order valence-corrected chi connectivity index (χ3v) is 4.46. The van der Waals surface area contributed by atoms with Gasteiger partial charge in [-0.3, -0.25) is 4.79 Å². The number of amides is 1. The van der Waals surface area contributed by atoms with Crippen LogP contribution in [0.1, 0.15) is 34.8 Å². The summed E-state index contributed by atoms with van der Waals surface area (Å²) in [6, 6.07) is 13.1. The Morgan fingerprint density at radius 2 is 1.92 bits per heavy atom. The van der Waals surface area contributed by atoms with Crippen molar-refractivity contribution in [1.29, 1.82) is 0 Å². The van der Waals surface area contributed by atoms with E-state index in [0.29, 0.717) is 24.4 Å². The zero-order valence-corrected chi connectivity index (χ0v) is 15.2. The van der Waals surface area contributed by atoms with Crippen molar-refractivity contribution in [3.8, 4) is 0 Å². The first kappa shape index (κ1) is 18.0. The number of esters is 1. The highest BCUT2D eigenvalue weighted by molar-refractivity contribution is 5.95. The van der Waals surface area contributed by atoms with Crippen molar-refractivity contribution in [3.05, 3.63) is 59.2 Å². The number of nitrogens with zero attached hydrogens (tertiary/aromatic N) is 1. The van der Waals surface area contributed by atoms with Crippen molar-refractivity contribution >= 4 is 23.3 Å². The van der Waals surface area contributed by atoms with Gasteiger partial charge >= 0.3 is 5.97 Å². The molecule has 5 heteroatoms. The Bertz CT molecular complexity index is 799. The van der Waals surface area contributed by atoms with Gasteiger partial charge in [0.25, 0.3) is 0 Å². The van der Waals surface area contributed by atoms with E-state index in [9.17, 15) is 9.59 Å². The summed E-state index contributed by atoms with van der Waals surface area (Å²) in [5.74, 6) is -0.423. The molecule has 136 valence electrons. The SMILES string of the molecule is CCOC(=O)c1ccc(NC(=O)CN2CCCc3cc(C)ccc32)cc1. The monoisotopic (exact) mass is 352 g/mol. The van der Waals surface area contributed by atoms with Gasteiger partial charge in [0.1, 0.15) is 0 Å². The zero-order chi connectivity index (χ0) is 18.5. The van der Waals surface area contributed by atoms with Crippen LogP contribution in [0.15, 0.2) is 42.5 Å². The standard InChI is InChI=1S/C21H24N2O3/c1-3-26-21(25)16-7-9-18(10-8-16)22-20(24)14-23-12-4-5-17-13-15(2)6-11-19(17)23/h6-11,13H,3-5,12,14H2,1-2H3,(H,22,24). The number of hydrogen-bond donors (Lipinski definition) is 1. The molecule has 0 aromatic heterocycles. The Balaban J connectivity index is 1.62. The molecule has 0 spiro atoms. The van der Waals surface area contributed by atoms with E-state index in [0.717, 1.165) is 25.1 Å². The predicted molar refractivity (Wildman–Crippen MR) is 103 cm³/mol. The Morgan fingerprint density at radius 3 is 2.65 bits per heavy atom. The quantitative estimate of drug-likeness (QED) is 0.836. The lowest BCUT2D eigenvalue weighted by molar-refractivity contribution is -0.115. The highest BCUT2D eigenvalue weighted by atomic mass is 16.5. The molecule has 0 unspecified atom stereocenters. The number of nitrogens with one attached hydrogen (secondary N) is 1. The number of anilines is 2. The van der Waals surface area contributed by atoms with Crippen molar-refractivity contribution in [2.24, 2.45) is 0 Å². The molecule has 0 bridgehead atoms. The number of rotatable bonds is 5. The van der Waals surface area contributed by atoms with Crippen molar-refractivity contribution < 1.29 is 14.3 Å². The third-order valence-electron chi connectivity index (χ3n) is 4.46. The Hall–Kier alpha value is -2.82. The number of carbonyl (C=O) groups is 2. The van der Waals surface area contributed by atoms with E-state index >= 15 is 0 Å². The van der Waals surface area contributed by atoms with Crippen LogP contribution >= 0.6 is 0 Å². The van der Waals surface area contributed by atoms with E-state index in [1.54, 1.807) is 31.2 Å². The summed E-state index contributed by atoms with van der Waals surface area (Å²) in [6.07, 6.45) is 2.11. The van der Waals surface area contributed by atoms with Crippen molar-refractivity contribution in [2.75, 3.05) is 29.9 Å². The molecule has 1 heterocycles. The van der Waals surface area contributed by atoms with Gasteiger partial charge in [-0.05, 0) is 62.6 Å². The van der Waals surface area contributed by atoms with Crippen LogP contribution in [0.4, 0.5) is 11.4 Å². The summed E-state index contributed by atoms with van der Waals surface area (Å²) in [5.41, 5.74) is 4.85. The minimum absolute atomic E-state index is 0.0673. The average molecular weight is 352 g/mol. The average Bonchev–Trinajstić information content (AvgIpc) is 2.62. The number of fused-ring (bicyclic) bond motifs is 1. The first-order chi connectivity index (χ1) is 12.6. The normalized spacial score (nSPS) is 13.1. The summed E-state index contributed by atoms with van der Waals surface area (Å²) >= 11 is 0. The smallest absolute Gasteiger partial charge is 0.338 e.